The average Bonchev–Trinajstić information content (AvgIpc) is 3.43. The largest absolute Gasteiger partial charge is 0.478 e. The van der Waals surface area contributed by atoms with Crippen molar-refractivity contribution in [3.05, 3.63) is 82.7 Å². The summed E-state index contributed by atoms with van der Waals surface area (Å²) in [6, 6.07) is 14.2. The Morgan fingerprint density at radius 2 is 1.83 bits per heavy atom. The summed E-state index contributed by atoms with van der Waals surface area (Å²) < 4.78 is 36.9. The van der Waals surface area contributed by atoms with E-state index in [9.17, 15) is 23.1 Å². The number of nitrogens with one attached hydrogen (secondary N) is 3. The molecule has 1 atom stereocenters. The van der Waals surface area contributed by atoms with Crippen LogP contribution in [-0.2, 0) is 23.1 Å². The number of aromatic carboxylic acids is 1. The molecule has 46 heavy (non-hydrogen) atoms. The minimum Gasteiger partial charge on any atom is -0.478 e. The molecule has 5 rings (SSSR count). The van der Waals surface area contributed by atoms with Crippen molar-refractivity contribution in [3.63, 3.8) is 0 Å². The van der Waals surface area contributed by atoms with Gasteiger partial charge in [0.2, 0.25) is 11.8 Å². The third-order valence-electron chi connectivity index (χ3n) is 7.49. The predicted molar refractivity (Wildman–Crippen MR) is 171 cm³/mol. The molecule has 242 valence electrons. The van der Waals surface area contributed by atoms with Gasteiger partial charge in [-0.2, -0.15) is 10.1 Å². The number of carbonyl (C=O) groups is 2. The molecule has 3 heterocycles. The molecule has 1 amide bonds. The summed E-state index contributed by atoms with van der Waals surface area (Å²) in [7, 11) is -4.24. The molecule has 13 nitrogen and oxygen atoms in total. The fourth-order valence-corrected chi connectivity index (χ4v) is 6.35. The molecule has 4 aromatic rings. The van der Waals surface area contributed by atoms with E-state index >= 15 is 0 Å². The number of hydrogen-bond donors (Lipinski definition) is 4. The maximum Gasteiger partial charge on any atom is 0.335 e. The second kappa shape index (κ2) is 13.7. The SMILES string of the molecule is Cc1cccc(C)c1-c1cc(OC[C@@H](CC(C)C)NCc2cc3n(n2)CCNC3=O)nc(NS(=O)(=O)c2cccc(C(=O)O)c2)n1. The molecule has 0 fully saturated rings. The molecule has 0 unspecified atom stereocenters. The Morgan fingerprint density at radius 3 is 2.52 bits per heavy atom. The van der Waals surface area contributed by atoms with Crippen molar-refractivity contribution in [2.75, 3.05) is 17.9 Å². The molecule has 4 N–H and O–H groups in total. The van der Waals surface area contributed by atoms with Crippen LogP contribution >= 0.6 is 0 Å². The maximum absolute atomic E-state index is 13.3. The van der Waals surface area contributed by atoms with Crippen LogP contribution in [0.1, 0.15) is 57.9 Å². The fraction of sp³-hybridized carbons (Fsp3) is 0.344. The van der Waals surface area contributed by atoms with E-state index in [1.165, 1.54) is 18.2 Å². The van der Waals surface area contributed by atoms with E-state index in [0.717, 1.165) is 34.9 Å². The highest BCUT2D eigenvalue weighted by atomic mass is 32.2. The van der Waals surface area contributed by atoms with E-state index < -0.39 is 16.0 Å². The van der Waals surface area contributed by atoms with Gasteiger partial charge in [0.15, 0.2) is 0 Å². The molecule has 0 aliphatic carbocycles. The van der Waals surface area contributed by atoms with Gasteiger partial charge in [-0.25, -0.2) is 22.9 Å². The van der Waals surface area contributed by atoms with Gasteiger partial charge in [0.05, 0.1) is 28.4 Å². The van der Waals surface area contributed by atoms with Crippen LogP contribution in [0.4, 0.5) is 5.95 Å². The summed E-state index contributed by atoms with van der Waals surface area (Å²) in [4.78, 5) is 32.3. The van der Waals surface area contributed by atoms with Crippen LogP contribution < -0.4 is 20.1 Å². The van der Waals surface area contributed by atoms with Gasteiger partial charge in [-0.15, -0.1) is 0 Å². The number of benzene rings is 2. The summed E-state index contributed by atoms with van der Waals surface area (Å²) in [6.45, 7) is 9.87. The number of amides is 1. The van der Waals surface area contributed by atoms with Gasteiger partial charge in [0, 0.05) is 30.8 Å². The summed E-state index contributed by atoms with van der Waals surface area (Å²) in [5, 5.41) is 20.2. The summed E-state index contributed by atoms with van der Waals surface area (Å²) in [5.41, 5.74) is 4.25. The zero-order valence-electron chi connectivity index (χ0n) is 26.1. The van der Waals surface area contributed by atoms with E-state index in [2.05, 4.69) is 44.3 Å². The van der Waals surface area contributed by atoms with Gasteiger partial charge < -0.3 is 20.5 Å². The van der Waals surface area contributed by atoms with Crippen molar-refractivity contribution in [3.8, 4) is 17.1 Å². The van der Waals surface area contributed by atoms with E-state index in [1.807, 2.05) is 32.0 Å². The normalized spacial score (nSPS) is 13.6. The van der Waals surface area contributed by atoms with Crippen LogP contribution in [0.5, 0.6) is 5.88 Å². The summed E-state index contributed by atoms with van der Waals surface area (Å²) in [6.07, 6.45) is 0.766. The first-order chi connectivity index (χ1) is 21.9. The molecule has 0 saturated carbocycles. The van der Waals surface area contributed by atoms with Gasteiger partial charge in [-0.1, -0.05) is 38.1 Å². The third kappa shape index (κ3) is 7.69. The molecule has 2 aromatic carbocycles. The Morgan fingerprint density at radius 1 is 1.09 bits per heavy atom. The van der Waals surface area contributed by atoms with Crippen molar-refractivity contribution < 1.29 is 27.9 Å². The number of anilines is 1. The number of hydrogen-bond acceptors (Lipinski definition) is 9. The summed E-state index contributed by atoms with van der Waals surface area (Å²) in [5.74, 6) is -1.11. The van der Waals surface area contributed by atoms with Crippen molar-refractivity contribution in [1.82, 2.24) is 30.4 Å². The van der Waals surface area contributed by atoms with Gasteiger partial charge in [-0.05, 0) is 61.6 Å². The van der Waals surface area contributed by atoms with Gasteiger partial charge >= 0.3 is 5.97 Å². The minimum atomic E-state index is -4.24. The van der Waals surface area contributed by atoms with Crippen molar-refractivity contribution in [2.45, 2.75) is 58.1 Å². The predicted octanol–water partition coefficient (Wildman–Crippen LogP) is 3.78. The van der Waals surface area contributed by atoms with Crippen molar-refractivity contribution >= 4 is 27.8 Å². The van der Waals surface area contributed by atoms with Crippen molar-refractivity contribution in [1.29, 1.82) is 0 Å². The standard InChI is InChI=1S/C32H37N7O6S/c1-19(2)13-24(34-17-23-15-27-30(40)33-11-12-39(27)37-23)18-45-28-16-26(29-20(3)7-5-8-21(29)4)35-32(36-28)38-46(43,44)25-10-6-9-22(14-25)31(41)42/h5-10,14-16,19,24,34H,11-13,17-18H2,1-4H3,(H,33,40)(H,41,42)(H,35,36,38)/t24-/m1/s1. The Kier molecular flexibility index (Phi) is 9.68. The number of aryl methyl sites for hydroxylation is 2. The number of nitrogens with zero attached hydrogens (tertiary/aromatic N) is 4. The molecule has 0 saturated heterocycles. The smallest absolute Gasteiger partial charge is 0.335 e. The Hall–Kier alpha value is -4.82. The van der Waals surface area contributed by atoms with Gasteiger partial charge in [-0.3, -0.25) is 9.48 Å². The molecule has 0 spiro atoms. The number of carboxylic acid groups (broad SMARTS) is 1. The van der Waals surface area contributed by atoms with Crippen LogP contribution in [0.25, 0.3) is 11.3 Å². The topological polar surface area (TPSA) is 177 Å². The second-order valence-electron chi connectivity index (χ2n) is 11.6. The summed E-state index contributed by atoms with van der Waals surface area (Å²) >= 11 is 0. The Bertz CT molecular complexity index is 1850. The lowest BCUT2D eigenvalue weighted by molar-refractivity contribution is 0.0696. The molecule has 0 bridgehead atoms. The highest BCUT2D eigenvalue weighted by Gasteiger charge is 2.22. The number of carboxylic acids is 1. The zero-order chi connectivity index (χ0) is 33.0. The first-order valence-electron chi connectivity index (χ1n) is 14.9. The fourth-order valence-electron chi connectivity index (χ4n) is 5.36. The highest BCUT2D eigenvalue weighted by molar-refractivity contribution is 7.92. The number of sulfonamides is 1. The lowest BCUT2D eigenvalue weighted by Gasteiger charge is -2.21. The van der Waals surface area contributed by atoms with Crippen LogP contribution in [0, 0.1) is 19.8 Å². The Balaban J connectivity index is 1.41. The zero-order valence-corrected chi connectivity index (χ0v) is 26.9. The highest BCUT2D eigenvalue weighted by Crippen LogP contribution is 2.29. The average molecular weight is 648 g/mol. The van der Waals surface area contributed by atoms with Crippen LogP contribution in [0.15, 0.2) is 59.5 Å². The van der Waals surface area contributed by atoms with Gasteiger partial charge in [0.1, 0.15) is 12.3 Å². The van der Waals surface area contributed by atoms with Crippen LogP contribution in [0.2, 0.25) is 0 Å². The van der Waals surface area contributed by atoms with E-state index in [1.54, 1.807) is 16.8 Å². The van der Waals surface area contributed by atoms with Crippen LogP contribution in [0.3, 0.4) is 0 Å². The van der Waals surface area contributed by atoms with Crippen LogP contribution in [-0.4, -0.2) is 64.3 Å². The molecule has 14 heteroatoms. The first kappa shape index (κ1) is 32.6. The van der Waals surface area contributed by atoms with E-state index in [0.29, 0.717) is 36.9 Å². The molecular formula is C32H37N7O6S. The number of rotatable bonds is 13. The molecule has 1 aliphatic heterocycles. The number of ether oxygens (including phenoxy) is 1. The lowest BCUT2D eigenvalue weighted by Crippen LogP contribution is -2.36. The first-order valence-corrected chi connectivity index (χ1v) is 16.4. The lowest BCUT2D eigenvalue weighted by atomic mass is 10.00. The van der Waals surface area contributed by atoms with E-state index in [-0.39, 0.29) is 40.8 Å². The molecule has 1 aliphatic rings. The van der Waals surface area contributed by atoms with Gasteiger partial charge in [0.25, 0.3) is 15.9 Å². The maximum atomic E-state index is 13.3. The quantitative estimate of drug-likeness (QED) is 0.167. The third-order valence-corrected chi connectivity index (χ3v) is 8.82. The monoisotopic (exact) mass is 647 g/mol. The molecule has 2 aromatic heterocycles. The number of carbonyl (C=O) groups excluding carboxylic acids is 1. The minimum absolute atomic E-state index is 0.120. The number of aromatic nitrogens is 4. The number of fused-ring (bicyclic) bond motifs is 1. The molecule has 0 radical (unpaired) electrons. The van der Waals surface area contributed by atoms with Crippen molar-refractivity contribution in [2.24, 2.45) is 5.92 Å². The second-order valence-corrected chi connectivity index (χ2v) is 13.3. The Labute approximate surface area is 267 Å². The molecular weight excluding hydrogens is 610 g/mol. The van der Waals surface area contributed by atoms with E-state index in [4.69, 9.17) is 4.74 Å².